The summed E-state index contributed by atoms with van der Waals surface area (Å²) in [5.41, 5.74) is 10.0. The summed E-state index contributed by atoms with van der Waals surface area (Å²) in [5, 5.41) is 3.67. The van der Waals surface area contributed by atoms with E-state index >= 15 is 0 Å². The molecule has 6 aromatic rings. The van der Waals surface area contributed by atoms with Gasteiger partial charge in [0.15, 0.2) is 0 Å². The van der Waals surface area contributed by atoms with Crippen molar-refractivity contribution in [3.63, 3.8) is 0 Å². The molecule has 0 saturated heterocycles. The fourth-order valence-electron chi connectivity index (χ4n) is 7.20. The van der Waals surface area contributed by atoms with Crippen molar-refractivity contribution in [1.82, 2.24) is 15.0 Å². The van der Waals surface area contributed by atoms with E-state index in [1.54, 1.807) is 16.9 Å². The summed E-state index contributed by atoms with van der Waals surface area (Å²) in [6, 6.07) is 27.3. The Morgan fingerprint density at radius 3 is 2.48 bits per heavy atom. The molecule has 0 bridgehead atoms. The molecule has 1 saturated carbocycles. The maximum atomic E-state index is 6.05. The predicted molar refractivity (Wildman–Crippen MR) is 187 cm³/mol. The maximum absolute atomic E-state index is 6.05. The summed E-state index contributed by atoms with van der Waals surface area (Å²) >= 11 is 0. The molecule has 1 radical (unpaired) electrons. The third-order valence-electron chi connectivity index (χ3n) is 9.49. The summed E-state index contributed by atoms with van der Waals surface area (Å²) in [5.74, 6) is 0.880. The molecule has 2 aromatic carbocycles. The van der Waals surface area contributed by atoms with E-state index < -0.39 is 8.07 Å². The Labute approximate surface area is 287 Å². The first-order valence-electron chi connectivity index (χ1n) is 16.6. The van der Waals surface area contributed by atoms with Crippen LogP contribution in [0.4, 0.5) is 0 Å². The summed E-state index contributed by atoms with van der Waals surface area (Å²) in [6.45, 7) is 7.28. The van der Waals surface area contributed by atoms with Gasteiger partial charge in [0, 0.05) is 44.1 Å². The molecule has 2 aliphatic rings. The number of hydrogen-bond acceptors (Lipinski definition) is 4. The van der Waals surface area contributed by atoms with E-state index in [1.165, 1.54) is 56.1 Å². The van der Waals surface area contributed by atoms with Crippen molar-refractivity contribution in [1.29, 1.82) is 0 Å². The Hall–Kier alpha value is -3.44. The SMILES string of the molecule is C[Si](C)(C)c1cnc(-c2[c-]cccc2)cc1CC1CCCC1.[Ir].[c-]1ccc2c(oc3ncccc32)c1-c1nccc2c1CCCC2. The van der Waals surface area contributed by atoms with Crippen LogP contribution in [0.5, 0.6) is 0 Å². The predicted octanol–water partition coefficient (Wildman–Crippen LogP) is 9.55. The molecule has 0 aliphatic heterocycles. The standard InChI is InChI=1S/C20H15N2O.C20H26NSi.Ir/c1-2-6-14-13(5-1)10-12-21-18(14)17-8-3-7-15-16-9-4-11-22-20(16)23-19(15)17;1-22(2,3)20-15-21-19(17-11-5-4-6-12-17)14-18(20)13-16-9-7-8-10-16;/h3-4,7,9-12H,1-2,5-6H2;4-6,11,14-16H,7-10,13H2,1-3H3;/q2*-1;. The summed E-state index contributed by atoms with van der Waals surface area (Å²) in [6.07, 6.45) is 17.4. The molecular weight excluding hydrogens is 759 g/mol. The molecule has 0 N–H and O–H groups in total. The van der Waals surface area contributed by atoms with Gasteiger partial charge in [-0.3, -0.25) is 0 Å². The molecule has 2 aliphatic carbocycles. The molecule has 1 fully saturated rings. The summed E-state index contributed by atoms with van der Waals surface area (Å²) in [7, 11) is -1.35. The van der Waals surface area contributed by atoms with Crippen LogP contribution in [0, 0.1) is 18.1 Å². The van der Waals surface area contributed by atoms with Crippen molar-refractivity contribution in [2.24, 2.45) is 5.92 Å². The second-order valence-electron chi connectivity index (χ2n) is 13.7. The van der Waals surface area contributed by atoms with E-state index in [4.69, 9.17) is 9.40 Å². The van der Waals surface area contributed by atoms with Gasteiger partial charge in [-0.05, 0) is 72.8 Å². The molecule has 0 unspecified atom stereocenters. The van der Waals surface area contributed by atoms with Crippen molar-refractivity contribution < 1.29 is 24.5 Å². The van der Waals surface area contributed by atoms with Crippen LogP contribution in [-0.2, 0) is 39.4 Å². The molecule has 0 spiro atoms. The molecule has 8 rings (SSSR count). The van der Waals surface area contributed by atoms with Crippen LogP contribution in [0.3, 0.4) is 0 Å². The maximum Gasteiger partial charge on any atom is 0.216 e. The molecule has 4 heterocycles. The van der Waals surface area contributed by atoms with E-state index in [0.717, 1.165) is 57.6 Å². The number of fused-ring (bicyclic) bond motifs is 4. The third-order valence-corrected chi connectivity index (χ3v) is 11.6. The summed E-state index contributed by atoms with van der Waals surface area (Å²) < 4.78 is 6.05. The molecule has 4 aromatic heterocycles. The van der Waals surface area contributed by atoms with Gasteiger partial charge in [-0.1, -0.05) is 79.0 Å². The first-order chi connectivity index (χ1) is 22.0. The van der Waals surface area contributed by atoms with E-state index in [0.29, 0.717) is 5.71 Å². The number of benzene rings is 2. The van der Waals surface area contributed by atoms with Crippen LogP contribution in [0.25, 0.3) is 44.6 Å². The average Bonchev–Trinajstić information content (AvgIpc) is 3.72. The van der Waals surface area contributed by atoms with E-state index in [9.17, 15) is 0 Å². The van der Waals surface area contributed by atoms with Crippen molar-refractivity contribution in [3.05, 3.63) is 108 Å². The van der Waals surface area contributed by atoms with Crippen LogP contribution < -0.4 is 5.19 Å². The van der Waals surface area contributed by atoms with Gasteiger partial charge in [-0.25, -0.2) is 4.98 Å². The smallest absolute Gasteiger partial charge is 0.216 e. The Morgan fingerprint density at radius 2 is 1.67 bits per heavy atom. The molecule has 0 atom stereocenters. The zero-order chi connectivity index (χ0) is 30.8. The molecule has 4 nitrogen and oxygen atoms in total. The van der Waals surface area contributed by atoms with Gasteiger partial charge in [-0.15, -0.1) is 54.1 Å². The van der Waals surface area contributed by atoms with E-state index in [-0.39, 0.29) is 20.1 Å². The Bertz CT molecular complexity index is 1940. The Morgan fingerprint density at radius 1 is 0.826 bits per heavy atom. The first kappa shape index (κ1) is 32.5. The largest absolute Gasteiger partial charge is 0.486 e. The second-order valence-corrected chi connectivity index (χ2v) is 18.7. The molecule has 46 heavy (non-hydrogen) atoms. The van der Waals surface area contributed by atoms with Crippen molar-refractivity contribution in [2.45, 2.75) is 77.4 Å². The normalized spacial score (nSPS) is 14.8. The fourth-order valence-corrected chi connectivity index (χ4v) is 8.79. The minimum absolute atomic E-state index is 0. The molecular formula is C40H41IrN3OSi-2. The van der Waals surface area contributed by atoms with E-state index in [1.807, 2.05) is 42.6 Å². The number of furan rings is 1. The topological polar surface area (TPSA) is 51.8 Å². The van der Waals surface area contributed by atoms with Gasteiger partial charge in [0.2, 0.25) is 5.71 Å². The Kier molecular flexibility index (Phi) is 9.98. The van der Waals surface area contributed by atoms with Gasteiger partial charge in [0.1, 0.15) is 0 Å². The number of nitrogens with zero attached hydrogens (tertiary/aromatic N) is 3. The quantitative estimate of drug-likeness (QED) is 0.129. The van der Waals surface area contributed by atoms with Crippen LogP contribution in [-0.4, -0.2) is 23.0 Å². The molecule has 6 heteroatoms. The minimum Gasteiger partial charge on any atom is -0.486 e. The summed E-state index contributed by atoms with van der Waals surface area (Å²) in [4.78, 5) is 13.8. The van der Waals surface area contributed by atoms with Crippen LogP contribution >= 0.6 is 0 Å². The fraction of sp³-hybridized carbons (Fsp3) is 0.325. The number of pyridine rings is 3. The van der Waals surface area contributed by atoms with Crippen LogP contribution in [0.15, 0.2) is 83.7 Å². The van der Waals surface area contributed by atoms with E-state index in [2.05, 4.69) is 72.2 Å². The van der Waals surface area contributed by atoms with Crippen molar-refractivity contribution >= 4 is 35.3 Å². The number of hydrogen-bond donors (Lipinski definition) is 0. The monoisotopic (exact) mass is 800 g/mol. The Balaban J connectivity index is 0.000000158. The average molecular weight is 800 g/mol. The van der Waals surface area contributed by atoms with Gasteiger partial charge in [0.05, 0.1) is 13.7 Å². The van der Waals surface area contributed by atoms with Gasteiger partial charge >= 0.3 is 0 Å². The first-order valence-corrected chi connectivity index (χ1v) is 20.1. The number of aryl methyl sites for hydroxylation is 1. The molecule has 237 valence electrons. The third kappa shape index (κ3) is 6.81. The van der Waals surface area contributed by atoms with Crippen molar-refractivity contribution in [3.8, 4) is 22.5 Å². The van der Waals surface area contributed by atoms with Gasteiger partial charge < -0.3 is 14.4 Å². The zero-order valence-electron chi connectivity index (χ0n) is 27.0. The van der Waals surface area contributed by atoms with Gasteiger partial charge in [0.25, 0.3) is 0 Å². The van der Waals surface area contributed by atoms with Gasteiger partial charge in [-0.2, -0.15) is 0 Å². The zero-order valence-corrected chi connectivity index (χ0v) is 30.4. The molecule has 0 amide bonds. The van der Waals surface area contributed by atoms with Crippen LogP contribution in [0.1, 0.15) is 55.2 Å². The van der Waals surface area contributed by atoms with Crippen molar-refractivity contribution in [2.75, 3.05) is 0 Å². The van der Waals surface area contributed by atoms with Crippen LogP contribution in [0.2, 0.25) is 19.6 Å². The number of aromatic nitrogens is 3. The second kappa shape index (κ2) is 14.1. The minimum atomic E-state index is -1.35. The number of rotatable bonds is 5.